The first-order valence-corrected chi connectivity index (χ1v) is 8.75. The van der Waals surface area contributed by atoms with Crippen molar-refractivity contribution in [2.75, 3.05) is 7.05 Å². The van der Waals surface area contributed by atoms with Crippen molar-refractivity contribution >= 4 is 38.6 Å². The number of nitrogens with two attached hydrogens (primary N) is 1. The third-order valence-corrected chi connectivity index (χ3v) is 6.13. The van der Waals surface area contributed by atoms with Crippen LogP contribution in [-0.2, 0) is 0 Å². The van der Waals surface area contributed by atoms with Gasteiger partial charge in [0, 0.05) is 21.8 Å². The molecule has 0 aliphatic heterocycles. The SMILES string of the molecule is CC(N)C(c1ccc(Br)s1)N(C)C(C)c1cccs1. The number of nitrogens with zero attached hydrogens (tertiary/aromatic N) is 1. The van der Waals surface area contributed by atoms with Gasteiger partial charge in [-0.2, -0.15) is 0 Å². The van der Waals surface area contributed by atoms with Gasteiger partial charge in [0.2, 0.25) is 0 Å². The maximum Gasteiger partial charge on any atom is 0.0702 e. The van der Waals surface area contributed by atoms with Crippen LogP contribution in [0, 0.1) is 0 Å². The van der Waals surface area contributed by atoms with Crippen molar-refractivity contribution in [1.29, 1.82) is 0 Å². The zero-order valence-corrected chi connectivity index (χ0v) is 14.6. The van der Waals surface area contributed by atoms with Gasteiger partial charge in [0.25, 0.3) is 0 Å². The van der Waals surface area contributed by atoms with Crippen molar-refractivity contribution in [2.45, 2.75) is 32.0 Å². The summed E-state index contributed by atoms with van der Waals surface area (Å²) >= 11 is 7.10. The zero-order chi connectivity index (χ0) is 14.0. The molecule has 0 fully saturated rings. The average molecular weight is 359 g/mol. The Hall–Kier alpha value is -0.200. The molecule has 104 valence electrons. The summed E-state index contributed by atoms with van der Waals surface area (Å²) in [7, 11) is 2.16. The van der Waals surface area contributed by atoms with Gasteiger partial charge in [-0.25, -0.2) is 0 Å². The zero-order valence-electron chi connectivity index (χ0n) is 11.3. The molecular formula is C14H19BrN2S2. The maximum atomic E-state index is 6.22. The first-order chi connectivity index (χ1) is 9.00. The van der Waals surface area contributed by atoms with Crippen molar-refractivity contribution < 1.29 is 0 Å². The molecule has 5 heteroatoms. The molecule has 3 unspecified atom stereocenters. The highest BCUT2D eigenvalue weighted by atomic mass is 79.9. The van der Waals surface area contributed by atoms with Crippen LogP contribution in [0.15, 0.2) is 33.4 Å². The molecule has 3 atom stereocenters. The predicted molar refractivity (Wildman–Crippen MR) is 88.9 cm³/mol. The van der Waals surface area contributed by atoms with E-state index in [0.717, 1.165) is 3.79 Å². The van der Waals surface area contributed by atoms with Gasteiger partial charge in [0.1, 0.15) is 0 Å². The van der Waals surface area contributed by atoms with Gasteiger partial charge in [-0.3, -0.25) is 4.90 Å². The second-order valence-electron chi connectivity index (χ2n) is 4.80. The number of hydrogen-bond acceptors (Lipinski definition) is 4. The Bertz CT molecular complexity index is 507. The van der Waals surface area contributed by atoms with Crippen LogP contribution in [-0.4, -0.2) is 18.0 Å². The molecule has 0 radical (unpaired) electrons. The Kier molecular flexibility index (Phi) is 5.20. The van der Waals surface area contributed by atoms with E-state index in [4.69, 9.17) is 5.73 Å². The lowest BCUT2D eigenvalue weighted by Crippen LogP contribution is -2.38. The lowest BCUT2D eigenvalue weighted by Gasteiger charge is -2.34. The smallest absolute Gasteiger partial charge is 0.0702 e. The minimum atomic E-state index is 0.0953. The Morgan fingerprint density at radius 2 is 1.95 bits per heavy atom. The second-order valence-corrected chi connectivity index (χ2v) is 8.28. The molecule has 2 heterocycles. The molecule has 0 saturated carbocycles. The number of likely N-dealkylation sites (N-methyl/N-ethyl adjacent to an activating group) is 1. The number of halogens is 1. The molecule has 2 nitrogen and oxygen atoms in total. The molecular weight excluding hydrogens is 340 g/mol. The van der Waals surface area contributed by atoms with E-state index in [1.165, 1.54) is 9.75 Å². The van der Waals surface area contributed by atoms with E-state index in [9.17, 15) is 0 Å². The number of hydrogen-bond donors (Lipinski definition) is 1. The van der Waals surface area contributed by atoms with Gasteiger partial charge in [-0.05, 0) is 60.4 Å². The van der Waals surface area contributed by atoms with Crippen LogP contribution in [0.2, 0.25) is 0 Å². The van der Waals surface area contributed by atoms with Crippen LogP contribution in [0.4, 0.5) is 0 Å². The molecule has 0 amide bonds. The highest BCUT2D eigenvalue weighted by Crippen LogP contribution is 2.36. The molecule has 2 aromatic heterocycles. The molecule has 0 aromatic carbocycles. The van der Waals surface area contributed by atoms with Crippen molar-refractivity contribution in [1.82, 2.24) is 4.90 Å². The molecule has 0 saturated heterocycles. The Balaban J connectivity index is 2.24. The standard InChI is InChI=1S/C14H19BrN2S2/c1-9(16)14(12-6-7-13(15)19-12)17(3)10(2)11-5-4-8-18-11/h4-10,14H,16H2,1-3H3. The van der Waals surface area contributed by atoms with Crippen LogP contribution in [0.25, 0.3) is 0 Å². The summed E-state index contributed by atoms with van der Waals surface area (Å²) in [5.74, 6) is 0. The van der Waals surface area contributed by atoms with E-state index >= 15 is 0 Å². The largest absolute Gasteiger partial charge is 0.326 e. The predicted octanol–water partition coefficient (Wildman–Crippen LogP) is 4.65. The second kappa shape index (κ2) is 6.50. The molecule has 0 bridgehead atoms. The van der Waals surface area contributed by atoms with Crippen molar-refractivity contribution in [3.05, 3.63) is 43.2 Å². The molecule has 2 N–H and O–H groups in total. The normalized spacial score (nSPS) is 16.5. The van der Waals surface area contributed by atoms with E-state index in [1.54, 1.807) is 22.7 Å². The first kappa shape index (κ1) is 15.2. The van der Waals surface area contributed by atoms with E-state index in [1.807, 2.05) is 0 Å². The summed E-state index contributed by atoms with van der Waals surface area (Å²) in [4.78, 5) is 5.06. The van der Waals surface area contributed by atoms with E-state index < -0.39 is 0 Å². The number of thiophene rings is 2. The van der Waals surface area contributed by atoms with Gasteiger partial charge in [0.05, 0.1) is 9.83 Å². The van der Waals surface area contributed by atoms with E-state index in [2.05, 4.69) is 71.4 Å². The first-order valence-electron chi connectivity index (χ1n) is 6.27. The summed E-state index contributed by atoms with van der Waals surface area (Å²) in [6, 6.07) is 9.27. The number of rotatable bonds is 5. The molecule has 19 heavy (non-hydrogen) atoms. The third-order valence-electron chi connectivity index (χ3n) is 3.39. The molecule has 2 rings (SSSR count). The fourth-order valence-corrected chi connectivity index (χ4v) is 4.82. The molecule has 0 spiro atoms. The molecule has 0 aliphatic rings. The topological polar surface area (TPSA) is 29.3 Å². The summed E-state index contributed by atoms with van der Waals surface area (Å²) < 4.78 is 1.16. The molecule has 0 aliphatic carbocycles. The Morgan fingerprint density at radius 3 is 2.42 bits per heavy atom. The summed E-state index contributed by atoms with van der Waals surface area (Å²) in [6.45, 7) is 4.32. The lowest BCUT2D eigenvalue weighted by atomic mass is 10.1. The minimum absolute atomic E-state index is 0.0953. The van der Waals surface area contributed by atoms with E-state index in [-0.39, 0.29) is 12.1 Å². The highest BCUT2D eigenvalue weighted by Gasteiger charge is 2.27. The molecule has 2 aromatic rings. The van der Waals surface area contributed by atoms with Gasteiger partial charge in [0.15, 0.2) is 0 Å². The van der Waals surface area contributed by atoms with Crippen LogP contribution in [0.1, 0.15) is 35.7 Å². The van der Waals surface area contributed by atoms with Gasteiger partial charge in [-0.1, -0.05) is 6.07 Å². The maximum absolute atomic E-state index is 6.22. The summed E-state index contributed by atoms with van der Waals surface area (Å²) in [5, 5.41) is 2.13. The minimum Gasteiger partial charge on any atom is -0.326 e. The van der Waals surface area contributed by atoms with Crippen LogP contribution in [0.3, 0.4) is 0 Å². The summed E-state index contributed by atoms with van der Waals surface area (Å²) in [5.41, 5.74) is 6.22. The average Bonchev–Trinajstić information content (AvgIpc) is 2.99. The van der Waals surface area contributed by atoms with Gasteiger partial charge in [-0.15, -0.1) is 22.7 Å². The van der Waals surface area contributed by atoms with Crippen molar-refractivity contribution in [2.24, 2.45) is 5.73 Å². The van der Waals surface area contributed by atoms with Crippen LogP contribution in [0.5, 0.6) is 0 Å². The Morgan fingerprint density at radius 1 is 1.21 bits per heavy atom. The third kappa shape index (κ3) is 3.47. The Labute approximate surface area is 131 Å². The highest BCUT2D eigenvalue weighted by molar-refractivity contribution is 9.11. The van der Waals surface area contributed by atoms with Gasteiger partial charge < -0.3 is 5.73 Å². The fraction of sp³-hybridized carbons (Fsp3) is 0.429. The van der Waals surface area contributed by atoms with E-state index in [0.29, 0.717) is 6.04 Å². The lowest BCUT2D eigenvalue weighted by molar-refractivity contribution is 0.171. The fourth-order valence-electron chi connectivity index (χ4n) is 2.29. The quantitative estimate of drug-likeness (QED) is 0.842. The van der Waals surface area contributed by atoms with Gasteiger partial charge >= 0.3 is 0 Å². The van der Waals surface area contributed by atoms with Crippen LogP contribution < -0.4 is 5.73 Å². The van der Waals surface area contributed by atoms with Crippen LogP contribution >= 0.6 is 38.6 Å². The van der Waals surface area contributed by atoms with Crippen molar-refractivity contribution in [3.8, 4) is 0 Å². The monoisotopic (exact) mass is 358 g/mol. The summed E-state index contributed by atoms with van der Waals surface area (Å²) in [6.07, 6.45) is 0. The van der Waals surface area contributed by atoms with Crippen molar-refractivity contribution in [3.63, 3.8) is 0 Å².